The van der Waals surface area contributed by atoms with Crippen LogP contribution in [0.15, 0.2) is 48.5 Å². The highest BCUT2D eigenvalue weighted by Gasteiger charge is 2.02. The molecule has 0 fully saturated rings. The zero-order valence-electron chi connectivity index (χ0n) is 13.1. The number of ether oxygens (including phenoxy) is 1. The van der Waals surface area contributed by atoms with Gasteiger partial charge in [0.25, 0.3) is 0 Å². The summed E-state index contributed by atoms with van der Waals surface area (Å²) in [5, 5.41) is 9.87. The molecule has 0 aliphatic heterocycles. The Morgan fingerprint density at radius 3 is 2.04 bits per heavy atom. The molecular weight excluding hydrogens is 360 g/mol. The fourth-order valence-corrected chi connectivity index (χ4v) is 1.88. The summed E-state index contributed by atoms with van der Waals surface area (Å²) >= 11 is 3.27. The van der Waals surface area contributed by atoms with Crippen molar-refractivity contribution in [2.75, 3.05) is 11.9 Å². The van der Waals surface area contributed by atoms with E-state index >= 15 is 0 Å². The van der Waals surface area contributed by atoms with Crippen molar-refractivity contribution in [3.63, 3.8) is 0 Å². The van der Waals surface area contributed by atoms with E-state index in [-0.39, 0.29) is 17.3 Å². The van der Waals surface area contributed by atoms with Crippen molar-refractivity contribution in [2.45, 2.75) is 13.8 Å². The number of ketones is 2. The average Bonchev–Trinajstić information content (AvgIpc) is 2.54. The van der Waals surface area contributed by atoms with E-state index in [9.17, 15) is 9.59 Å². The van der Waals surface area contributed by atoms with Gasteiger partial charge in [-0.1, -0.05) is 28.1 Å². The van der Waals surface area contributed by atoms with Gasteiger partial charge in [-0.2, -0.15) is 0 Å². The first-order chi connectivity index (χ1) is 11.0. The van der Waals surface area contributed by atoms with Gasteiger partial charge < -0.3 is 9.84 Å². The van der Waals surface area contributed by atoms with Crippen LogP contribution in [0, 0.1) is 0 Å². The molecule has 0 aliphatic rings. The Bertz CT molecular complexity index is 650. The number of carbonyl (C=O) groups is 2. The van der Waals surface area contributed by atoms with Crippen molar-refractivity contribution in [1.29, 1.82) is 0 Å². The molecule has 2 rings (SSSR count). The maximum absolute atomic E-state index is 10.9. The molecule has 2 aromatic rings. The quantitative estimate of drug-likeness (QED) is 0.623. The topological polar surface area (TPSA) is 63.6 Å². The van der Waals surface area contributed by atoms with Gasteiger partial charge in [0.05, 0.1) is 12.2 Å². The molecule has 0 aliphatic carbocycles. The molecule has 0 aromatic heterocycles. The number of alkyl halides is 1. The third-order valence-corrected chi connectivity index (χ3v) is 3.21. The molecule has 0 heterocycles. The average molecular weight is 379 g/mol. The van der Waals surface area contributed by atoms with Gasteiger partial charge in [0.15, 0.2) is 11.6 Å². The van der Waals surface area contributed by atoms with Crippen LogP contribution in [0.25, 0.3) is 0 Å². The molecule has 0 unspecified atom stereocenters. The van der Waals surface area contributed by atoms with E-state index in [0.29, 0.717) is 17.7 Å². The van der Waals surface area contributed by atoms with Crippen LogP contribution in [0.4, 0.5) is 0 Å². The van der Waals surface area contributed by atoms with Crippen molar-refractivity contribution < 1.29 is 19.4 Å². The number of Topliss-reactive ketones (excluding diaryl/α,β-unsaturated/α-hetero) is 2. The Morgan fingerprint density at radius 2 is 1.61 bits per heavy atom. The Balaban J connectivity index is 0.000000238. The van der Waals surface area contributed by atoms with E-state index < -0.39 is 0 Å². The molecule has 0 bridgehead atoms. The van der Waals surface area contributed by atoms with E-state index in [1.807, 2.05) is 0 Å². The Hall–Kier alpha value is -2.14. The van der Waals surface area contributed by atoms with E-state index in [1.165, 1.54) is 13.0 Å². The summed E-state index contributed by atoms with van der Waals surface area (Å²) in [6.07, 6.45) is 0. The maximum Gasteiger partial charge on any atom is 0.163 e. The molecule has 122 valence electrons. The molecule has 0 atom stereocenters. The highest BCUT2D eigenvalue weighted by molar-refractivity contribution is 9.09. The number of phenols is 1. The number of phenolic OH excluding ortho intramolecular Hbond substituents is 1. The lowest BCUT2D eigenvalue weighted by Gasteiger charge is -2.03. The first-order valence-electron chi connectivity index (χ1n) is 7.04. The summed E-state index contributed by atoms with van der Waals surface area (Å²) < 4.78 is 5.33. The Kier molecular flexibility index (Phi) is 8.05. The largest absolute Gasteiger partial charge is 0.507 e. The number of benzene rings is 2. The second-order valence-corrected chi connectivity index (χ2v) is 5.48. The summed E-state index contributed by atoms with van der Waals surface area (Å²) in [5.74, 6) is 0.810. The molecule has 2 aromatic carbocycles. The number of aromatic hydroxyl groups is 1. The van der Waals surface area contributed by atoms with E-state index in [1.54, 1.807) is 49.4 Å². The molecule has 23 heavy (non-hydrogen) atoms. The standard InChI is InChI=1S/C10H11BrO2.C8H8O2/c1-8(12)9-2-4-10(5-3-9)13-7-6-11;1-6(9)7-4-2-3-5-8(7)10/h2-5H,6-7H2,1H3;2-5,10H,1H3. The molecule has 0 spiro atoms. The lowest BCUT2D eigenvalue weighted by molar-refractivity contribution is 0.100. The molecule has 0 radical (unpaired) electrons. The predicted molar refractivity (Wildman–Crippen MR) is 93.8 cm³/mol. The van der Waals surface area contributed by atoms with Gasteiger partial charge in [-0.3, -0.25) is 9.59 Å². The van der Waals surface area contributed by atoms with Crippen LogP contribution < -0.4 is 4.74 Å². The smallest absolute Gasteiger partial charge is 0.163 e. The Morgan fingerprint density at radius 1 is 1.00 bits per heavy atom. The van der Waals surface area contributed by atoms with Crippen molar-refractivity contribution >= 4 is 27.5 Å². The van der Waals surface area contributed by atoms with Crippen molar-refractivity contribution in [2.24, 2.45) is 0 Å². The number of rotatable bonds is 5. The van der Waals surface area contributed by atoms with Crippen LogP contribution in [0.2, 0.25) is 0 Å². The number of carbonyl (C=O) groups excluding carboxylic acids is 2. The first-order valence-corrected chi connectivity index (χ1v) is 8.16. The van der Waals surface area contributed by atoms with Crippen LogP contribution >= 0.6 is 15.9 Å². The monoisotopic (exact) mass is 378 g/mol. The minimum atomic E-state index is -0.113. The number of halogens is 1. The molecule has 4 nitrogen and oxygen atoms in total. The lowest BCUT2D eigenvalue weighted by Crippen LogP contribution is -1.98. The molecular formula is C18H19BrO4. The van der Waals surface area contributed by atoms with E-state index in [4.69, 9.17) is 9.84 Å². The van der Waals surface area contributed by atoms with Gasteiger partial charge >= 0.3 is 0 Å². The van der Waals surface area contributed by atoms with E-state index in [2.05, 4.69) is 15.9 Å². The van der Waals surface area contributed by atoms with Gasteiger partial charge in [0.2, 0.25) is 0 Å². The van der Waals surface area contributed by atoms with Gasteiger partial charge in [-0.05, 0) is 50.2 Å². The first kappa shape index (κ1) is 18.9. The van der Waals surface area contributed by atoms with Crippen molar-refractivity contribution in [1.82, 2.24) is 0 Å². The fourth-order valence-electron chi connectivity index (χ4n) is 1.71. The normalized spacial score (nSPS) is 9.52. The number of hydrogen-bond donors (Lipinski definition) is 1. The van der Waals surface area contributed by atoms with Gasteiger partial charge in [-0.25, -0.2) is 0 Å². The van der Waals surface area contributed by atoms with Crippen LogP contribution in [0.3, 0.4) is 0 Å². The summed E-state index contributed by atoms with van der Waals surface area (Å²) in [5.41, 5.74) is 1.09. The van der Waals surface area contributed by atoms with Crippen molar-refractivity contribution in [3.05, 3.63) is 59.7 Å². The highest BCUT2D eigenvalue weighted by atomic mass is 79.9. The van der Waals surface area contributed by atoms with Crippen LogP contribution in [0.5, 0.6) is 11.5 Å². The predicted octanol–water partition coefficient (Wildman–Crippen LogP) is 4.26. The minimum Gasteiger partial charge on any atom is -0.507 e. The SMILES string of the molecule is CC(=O)c1ccc(OCCBr)cc1.CC(=O)c1ccccc1O. The van der Waals surface area contributed by atoms with Crippen LogP contribution in [-0.4, -0.2) is 28.6 Å². The summed E-state index contributed by atoms with van der Waals surface area (Å²) in [6.45, 7) is 3.61. The maximum atomic E-state index is 10.9. The summed E-state index contributed by atoms with van der Waals surface area (Å²) in [6, 6.07) is 13.6. The summed E-state index contributed by atoms with van der Waals surface area (Å²) in [7, 11) is 0. The lowest BCUT2D eigenvalue weighted by atomic mass is 10.1. The van der Waals surface area contributed by atoms with Crippen LogP contribution in [0.1, 0.15) is 34.6 Å². The van der Waals surface area contributed by atoms with E-state index in [0.717, 1.165) is 11.1 Å². The second-order valence-electron chi connectivity index (χ2n) is 4.69. The van der Waals surface area contributed by atoms with Gasteiger partial charge in [0.1, 0.15) is 11.5 Å². The Labute approximate surface area is 144 Å². The van der Waals surface area contributed by atoms with Gasteiger partial charge in [-0.15, -0.1) is 0 Å². The third kappa shape index (κ3) is 6.65. The number of hydrogen-bond acceptors (Lipinski definition) is 4. The summed E-state index contributed by atoms with van der Waals surface area (Å²) in [4.78, 5) is 21.6. The fraction of sp³-hybridized carbons (Fsp3) is 0.222. The number of para-hydroxylation sites is 1. The van der Waals surface area contributed by atoms with Gasteiger partial charge in [0, 0.05) is 10.9 Å². The zero-order valence-corrected chi connectivity index (χ0v) is 14.7. The zero-order chi connectivity index (χ0) is 17.2. The molecule has 5 heteroatoms. The molecule has 0 saturated heterocycles. The second kappa shape index (κ2) is 9.79. The third-order valence-electron chi connectivity index (χ3n) is 2.89. The molecule has 0 saturated carbocycles. The van der Waals surface area contributed by atoms with Crippen LogP contribution in [-0.2, 0) is 0 Å². The highest BCUT2D eigenvalue weighted by Crippen LogP contribution is 2.15. The minimum absolute atomic E-state index is 0.0509. The molecule has 0 amide bonds. The molecule has 1 N–H and O–H groups in total. The van der Waals surface area contributed by atoms with Crippen molar-refractivity contribution in [3.8, 4) is 11.5 Å².